The number of carboxylic acids is 1. The molecule has 3 aliphatic rings. The molecule has 1 aliphatic heterocycles. The van der Waals surface area contributed by atoms with Crippen LogP contribution in [-0.2, 0) is 9.59 Å². The molecule has 0 spiro atoms. The third kappa shape index (κ3) is 2.51. The van der Waals surface area contributed by atoms with E-state index in [1.807, 2.05) is 12.1 Å². The fourth-order valence-electron chi connectivity index (χ4n) is 4.68. The van der Waals surface area contributed by atoms with Crippen molar-refractivity contribution in [1.29, 1.82) is 0 Å². The first-order valence-electron chi connectivity index (χ1n) is 8.46. The minimum atomic E-state index is -0.865. The molecule has 0 aromatic heterocycles. The molecule has 4 nitrogen and oxygen atoms in total. The van der Waals surface area contributed by atoms with Gasteiger partial charge in [0.1, 0.15) is 6.04 Å². The molecule has 1 amide bonds. The lowest BCUT2D eigenvalue weighted by Crippen LogP contribution is -2.44. The summed E-state index contributed by atoms with van der Waals surface area (Å²) in [5.74, 6) is -0.533. The summed E-state index contributed by atoms with van der Waals surface area (Å²) in [7, 11) is 0. The van der Waals surface area contributed by atoms with Gasteiger partial charge in [0.2, 0.25) is 5.91 Å². The molecule has 6 heteroatoms. The predicted molar refractivity (Wildman–Crippen MR) is 91.3 cm³/mol. The summed E-state index contributed by atoms with van der Waals surface area (Å²) >= 11 is 12.3. The van der Waals surface area contributed by atoms with Crippen molar-refractivity contribution in [2.75, 3.05) is 6.54 Å². The first kappa shape index (κ1) is 16.2. The van der Waals surface area contributed by atoms with Crippen LogP contribution >= 0.6 is 23.2 Å². The number of aliphatic carboxylic acids is 1. The second-order valence-electron chi connectivity index (χ2n) is 7.22. The molecule has 1 heterocycles. The molecule has 5 unspecified atom stereocenters. The maximum absolute atomic E-state index is 12.9. The molecule has 1 aromatic rings. The van der Waals surface area contributed by atoms with Crippen molar-refractivity contribution in [2.45, 2.75) is 37.6 Å². The van der Waals surface area contributed by atoms with Gasteiger partial charge in [-0.1, -0.05) is 41.8 Å². The minimum absolute atomic E-state index is 0.0298. The van der Waals surface area contributed by atoms with E-state index in [2.05, 4.69) is 0 Å². The molecule has 2 aliphatic carbocycles. The molecule has 5 atom stereocenters. The van der Waals surface area contributed by atoms with E-state index in [1.165, 1.54) is 0 Å². The zero-order valence-electron chi connectivity index (χ0n) is 13.1. The normalized spacial score (nSPS) is 34.2. The number of likely N-dealkylation sites (tertiary alicyclic amines) is 1. The number of carboxylic acid groups (broad SMARTS) is 1. The summed E-state index contributed by atoms with van der Waals surface area (Å²) in [4.78, 5) is 26.3. The molecular formula is C18H19Cl2NO3. The van der Waals surface area contributed by atoms with Gasteiger partial charge in [-0.05, 0) is 48.6 Å². The van der Waals surface area contributed by atoms with Gasteiger partial charge in [-0.3, -0.25) is 4.79 Å². The quantitative estimate of drug-likeness (QED) is 0.883. The highest BCUT2D eigenvalue weighted by Gasteiger charge is 2.54. The van der Waals surface area contributed by atoms with E-state index < -0.39 is 12.0 Å². The molecule has 128 valence electrons. The average Bonchev–Trinajstić information content (AvgIpc) is 3.04. The van der Waals surface area contributed by atoms with Crippen molar-refractivity contribution in [3.8, 4) is 0 Å². The molecule has 4 rings (SSSR count). The molecule has 1 N–H and O–H groups in total. The fraction of sp³-hybridized carbons (Fsp3) is 0.556. The number of hydrogen-bond donors (Lipinski definition) is 1. The van der Waals surface area contributed by atoms with Crippen LogP contribution in [-0.4, -0.2) is 34.5 Å². The van der Waals surface area contributed by atoms with Gasteiger partial charge in [0.25, 0.3) is 0 Å². The number of carbonyl (C=O) groups excluding carboxylic acids is 1. The zero-order chi connectivity index (χ0) is 17.0. The van der Waals surface area contributed by atoms with Crippen molar-refractivity contribution < 1.29 is 14.7 Å². The van der Waals surface area contributed by atoms with Crippen LogP contribution in [0.2, 0.25) is 10.0 Å². The number of amides is 1. The van der Waals surface area contributed by atoms with E-state index in [9.17, 15) is 14.7 Å². The third-order valence-corrected chi connectivity index (χ3v) is 6.75. The van der Waals surface area contributed by atoms with Crippen LogP contribution in [0.3, 0.4) is 0 Å². The van der Waals surface area contributed by atoms with E-state index in [0.717, 1.165) is 31.2 Å². The van der Waals surface area contributed by atoms with Crippen molar-refractivity contribution >= 4 is 35.1 Å². The van der Waals surface area contributed by atoms with E-state index in [1.54, 1.807) is 11.0 Å². The molecule has 0 radical (unpaired) electrons. The topological polar surface area (TPSA) is 57.6 Å². The second kappa shape index (κ2) is 5.92. The van der Waals surface area contributed by atoms with Gasteiger partial charge in [-0.15, -0.1) is 0 Å². The lowest BCUT2D eigenvalue weighted by atomic mass is 9.94. The standard InChI is InChI=1S/C18H19Cl2NO3/c19-14-6-2-5-11(15(14)20)12-7-13(12)17(22)21-8-9-3-1-4-10(9)16(21)18(23)24/h2,5-6,9-10,12-13,16H,1,3-4,7-8H2,(H,23,24). The Morgan fingerprint density at radius 3 is 2.75 bits per heavy atom. The lowest BCUT2D eigenvalue weighted by molar-refractivity contribution is -0.150. The van der Waals surface area contributed by atoms with E-state index >= 15 is 0 Å². The average molecular weight is 368 g/mol. The first-order chi connectivity index (χ1) is 11.5. The summed E-state index contributed by atoms with van der Waals surface area (Å²) in [6.45, 7) is 0.590. The van der Waals surface area contributed by atoms with Crippen molar-refractivity contribution in [3.05, 3.63) is 33.8 Å². The molecule has 1 aromatic carbocycles. The highest BCUT2D eigenvalue weighted by Crippen LogP contribution is 2.53. The zero-order valence-corrected chi connectivity index (χ0v) is 14.6. The van der Waals surface area contributed by atoms with E-state index in [-0.39, 0.29) is 23.7 Å². The largest absolute Gasteiger partial charge is 0.480 e. The van der Waals surface area contributed by atoms with Gasteiger partial charge in [0.05, 0.1) is 10.0 Å². The summed E-state index contributed by atoms with van der Waals surface area (Å²) in [5, 5.41) is 10.6. The highest BCUT2D eigenvalue weighted by molar-refractivity contribution is 6.42. The Balaban J connectivity index is 1.53. The number of carbonyl (C=O) groups is 2. The molecule has 3 fully saturated rings. The predicted octanol–water partition coefficient (Wildman–Crippen LogP) is 3.81. The van der Waals surface area contributed by atoms with Crippen LogP contribution in [0.25, 0.3) is 0 Å². The van der Waals surface area contributed by atoms with Crippen LogP contribution in [0.5, 0.6) is 0 Å². The van der Waals surface area contributed by atoms with E-state index in [4.69, 9.17) is 23.2 Å². The summed E-state index contributed by atoms with van der Waals surface area (Å²) in [6, 6.07) is 4.82. The fourth-order valence-corrected chi connectivity index (χ4v) is 5.13. The monoisotopic (exact) mass is 367 g/mol. The number of nitrogens with zero attached hydrogens (tertiary/aromatic N) is 1. The van der Waals surface area contributed by atoms with Crippen LogP contribution in [0.15, 0.2) is 18.2 Å². The Morgan fingerprint density at radius 1 is 1.21 bits per heavy atom. The van der Waals surface area contributed by atoms with Gasteiger partial charge >= 0.3 is 5.97 Å². The van der Waals surface area contributed by atoms with Gasteiger partial charge in [0, 0.05) is 12.5 Å². The Morgan fingerprint density at radius 2 is 2.00 bits per heavy atom. The smallest absolute Gasteiger partial charge is 0.326 e. The molecule has 24 heavy (non-hydrogen) atoms. The molecular weight excluding hydrogens is 349 g/mol. The molecule has 0 bridgehead atoms. The Bertz CT molecular complexity index is 708. The summed E-state index contributed by atoms with van der Waals surface area (Å²) < 4.78 is 0. The number of hydrogen-bond acceptors (Lipinski definition) is 2. The maximum atomic E-state index is 12.9. The van der Waals surface area contributed by atoms with Crippen LogP contribution in [0, 0.1) is 17.8 Å². The van der Waals surface area contributed by atoms with Crippen molar-refractivity contribution in [2.24, 2.45) is 17.8 Å². The van der Waals surface area contributed by atoms with Crippen LogP contribution in [0.4, 0.5) is 0 Å². The number of halogens is 2. The van der Waals surface area contributed by atoms with Crippen LogP contribution < -0.4 is 0 Å². The van der Waals surface area contributed by atoms with E-state index in [0.29, 0.717) is 22.5 Å². The Hall–Kier alpha value is -1.26. The van der Waals surface area contributed by atoms with Gasteiger partial charge in [-0.25, -0.2) is 4.79 Å². The molecule has 2 saturated carbocycles. The highest BCUT2D eigenvalue weighted by atomic mass is 35.5. The van der Waals surface area contributed by atoms with Crippen molar-refractivity contribution in [1.82, 2.24) is 4.90 Å². The summed E-state index contributed by atoms with van der Waals surface area (Å²) in [5.41, 5.74) is 0.897. The Kier molecular flexibility index (Phi) is 4.00. The van der Waals surface area contributed by atoms with Crippen LogP contribution in [0.1, 0.15) is 37.2 Å². The lowest BCUT2D eigenvalue weighted by Gasteiger charge is -2.24. The maximum Gasteiger partial charge on any atom is 0.326 e. The number of fused-ring (bicyclic) bond motifs is 1. The summed E-state index contributed by atoms with van der Waals surface area (Å²) in [6.07, 6.45) is 3.74. The van der Waals surface area contributed by atoms with Crippen molar-refractivity contribution in [3.63, 3.8) is 0 Å². The van der Waals surface area contributed by atoms with Gasteiger partial charge in [-0.2, -0.15) is 0 Å². The molecule has 1 saturated heterocycles. The minimum Gasteiger partial charge on any atom is -0.480 e. The Labute approximate surface area is 150 Å². The second-order valence-corrected chi connectivity index (χ2v) is 8.01. The third-order valence-electron chi connectivity index (χ3n) is 5.92. The number of benzene rings is 1. The van der Waals surface area contributed by atoms with Gasteiger partial charge in [0.15, 0.2) is 0 Å². The van der Waals surface area contributed by atoms with Gasteiger partial charge < -0.3 is 10.0 Å². The first-order valence-corrected chi connectivity index (χ1v) is 9.22. The number of rotatable bonds is 3. The SMILES string of the molecule is O=C(O)C1C2CCCC2CN1C(=O)C1CC1c1cccc(Cl)c1Cl.